The molecule has 0 bridgehead atoms. The highest BCUT2D eigenvalue weighted by atomic mass is 16.6. The molecular weight excluding hydrogens is 282 g/mol. The fraction of sp³-hybridized carbons (Fsp3) is 0.471. The Morgan fingerprint density at radius 1 is 1.41 bits per heavy atom. The zero-order chi connectivity index (χ0) is 15.9. The van der Waals surface area contributed by atoms with Gasteiger partial charge in [-0.2, -0.15) is 0 Å². The molecule has 1 aromatic carbocycles. The third-order valence-corrected chi connectivity index (χ3v) is 3.65. The molecule has 0 aliphatic carbocycles. The van der Waals surface area contributed by atoms with Gasteiger partial charge in [0.15, 0.2) is 0 Å². The van der Waals surface area contributed by atoms with E-state index in [1.165, 1.54) is 0 Å². The van der Waals surface area contributed by atoms with Crippen molar-refractivity contribution in [2.45, 2.75) is 45.4 Å². The molecule has 0 spiro atoms. The minimum Gasteiger partial charge on any atom is -0.508 e. The Balaban J connectivity index is 1.88. The molecule has 1 atom stereocenters. The summed E-state index contributed by atoms with van der Waals surface area (Å²) >= 11 is 0. The van der Waals surface area contributed by atoms with E-state index in [0.29, 0.717) is 6.61 Å². The van der Waals surface area contributed by atoms with E-state index in [4.69, 9.17) is 9.47 Å². The Kier molecular flexibility index (Phi) is 3.60. The van der Waals surface area contributed by atoms with Crippen LogP contribution in [0.3, 0.4) is 0 Å². The number of fused-ring (bicyclic) bond motifs is 3. The molecule has 0 amide bonds. The summed E-state index contributed by atoms with van der Waals surface area (Å²) < 4.78 is 13.3. The van der Waals surface area contributed by atoms with Crippen LogP contribution in [0.1, 0.15) is 39.0 Å². The van der Waals surface area contributed by atoms with Crippen LogP contribution in [0.5, 0.6) is 5.75 Å². The summed E-state index contributed by atoms with van der Waals surface area (Å²) in [6, 6.07) is 7.27. The molecule has 3 rings (SSSR count). The Hall–Kier alpha value is -2.01. The fourth-order valence-electron chi connectivity index (χ4n) is 2.87. The predicted molar refractivity (Wildman–Crippen MR) is 82.8 cm³/mol. The number of hydrogen-bond donors (Lipinski definition) is 1. The Labute approximate surface area is 129 Å². The third-order valence-electron chi connectivity index (χ3n) is 3.65. The average molecular weight is 303 g/mol. The second kappa shape index (κ2) is 5.32. The Morgan fingerprint density at radius 3 is 2.91 bits per heavy atom. The van der Waals surface area contributed by atoms with E-state index in [0.717, 1.165) is 23.1 Å². The van der Waals surface area contributed by atoms with Crippen molar-refractivity contribution < 1.29 is 19.4 Å². The number of aromatic nitrogens is 1. The zero-order valence-corrected chi connectivity index (χ0v) is 13.1. The lowest BCUT2D eigenvalue weighted by molar-refractivity contribution is -0.158. The van der Waals surface area contributed by atoms with Crippen LogP contribution in [0.25, 0.3) is 10.9 Å². The van der Waals surface area contributed by atoms with Crippen molar-refractivity contribution in [3.63, 3.8) is 0 Å². The van der Waals surface area contributed by atoms with E-state index in [9.17, 15) is 9.90 Å². The summed E-state index contributed by atoms with van der Waals surface area (Å²) in [4.78, 5) is 12.1. The van der Waals surface area contributed by atoms with Crippen molar-refractivity contribution in [2.75, 3.05) is 6.61 Å². The van der Waals surface area contributed by atoms with Crippen molar-refractivity contribution in [1.29, 1.82) is 0 Å². The van der Waals surface area contributed by atoms with Gasteiger partial charge in [-0.3, -0.25) is 4.79 Å². The molecule has 1 unspecified atom stereocenters. The SMILES string of the molecule is CC(C)(C)OC(=O)CC1OCCn2c1cc1cc(O)ccc12. The van der Waals surface area contributed by atoms with Crippen LogP contribution >= 0.6 is 0 Å². The number of aromatic hydroxyl groups is 1. The highest BCUT2D eigenvalue weighted by molar-refractivity contribution is 5.83. The first-order valence-electron chi connectivity index (χ1n) is 7.49. The molecule has 1 aliphatic heterocycles. The highest BCUT2D eigenvalue weighted by Crippen LogP contribution is 2.33. The molecule has 1 aliphatic rings. The standard InChI is InChI=1S/C17H21NO4/c1-17(2,3)22-16(20)10-15-14-9-11-8-12(19)4-5-13(11)18(14)6-7-21-15/h4-5,8-9,15,19H,6-7,10H2,1-3H3. The molecule has 2 heterocycles. The van der Waals surface area contributed by atoms with Gasteiger partial charge in [0.05, 0.1) is 13.0 Å². The lowest BCUT2D eigenvalue weighted by atomic mass is 10.1. The van der Waals surface area contributed by atoms with Crippen molar-refractivity contribution in [3.05, 3.63) is 30.0 Å². The van der Waals surface area contributed by atoms with E-state index in [1.807, 2.05) is 32.9 Å². The molecule has 1 aromatic heterocycles. The third kappa shape index (κ3) is 2.95. The van der Waals surface area contributed by atoms with Crippen LogP contribution in [0.15, 0.2) is 24.3 Å². The first-order valence-corrected chi connectivity index (χ1v) is 7.49. The van der Waals surface area contributed by atoms with Gasteiger partial charge in [0.1, 0.15) is 17.5 Å². The fourth-order valence-corrected chi connectivity index (χ4v) is 2.87. The normalized spacial score (nSPS) is 18.2. The average Bonchev–Trinajstić information content (AvgIpc) is 2.75. The van der Waals surface area contributed by atoms with Crippen LogP contribution in [-0.2, 0) is 20.8 Å². The van der Waals surface area contributed by atoms with Crippen LogP contribution in [-0.4, -0.2) is 27.9 Å². The van der Waals surface area contributed by atoms with Gasteiger partial charge < -0.3 is 19.1 Å². The number of phenols is 1. The second-order valence-corrected chi connectivity index (χ2v) is 6.61. The summed E-state index contributed by atoms with van der Waals surface area (Å²) in [5, 5.41) is 10.6. The highest BCUT2D eigenvalue weighted by Gasteiger charge is 2.27. The van der Waals surface area contributed by atoms with E-state index in [1.54, 1.807) is 12.1 Å². The van der Waals surface area contributed by atoms with Crippen LogP contribution < -0.4 is 0 Å². The number of carbonyl (C=O) groups excluding carboxylic acids is 1. The number of esters is 1. The first kappa shape index (κ1) is 14.9. The predicted octanol–water partition coefficient (Wildman–Crippen LogP) is 3.15. The van der Waals surface area contributed by atoms with Crippen LogP contribution in [0.4, 0.5) is 0 Å². The molecule has 118 valence electrons. The first-order chi connectivity index (χ1) is 10.3. The van der Waals surface area contributed by atoms with Crippen LogP contribution in [0.2, 0.25) is 0 Å². The summed E-state index contributed by atoms with van der Waals surface area (Å²) in [6.45, 7) is 6.87. The Morgan fingerprint density at radius 2 is 2.18 bits per heavy atom. The summed E-state index contributed by atoms with van der Waals surface area (Å²) in [5.74, 6) is -0.0286. The lowest BCUT2D eigenvalue weighted by Crippen LogP contribution is -2.28. The number of carbonyl (C=O) groups is 1. The van der Waals surface area contributed by atoms with Gasteiger partial charge in [0, 0.05) is 23.1 Å². The second-order valence-electron chi connectivity index (χ2n) is 6.61. The number of phenolic OH excluding ortho intramolecular Hbond substituents is 1. The minimum atomic E-state index is -0.496. The van der Waals surface area contributed by atoms with Gasteiger partial charge in [0.25, 0.3) is 0 Å². The van der Waals surface area contributed by atoms with Gasteiger partial charge in [-0.25, -0.2) is 0 Å². The van der Waals surface area contributed by atoms with Crippen LogP contribution in [0, 0.1) is 0 Å². The van der Waals surface area contributed by atoms with E-state index >= 15 is 0 Å². The van der Waals surface area contributed by atoms with Crippen molar-refractivity contribution in [1.82, 2.24) is 4.57 Å². The van der Waals surface area contributed by atoms with Crippen molar-refractivity contribution in [3.8, 4) is 5.75 Å². The molecule has 0 radical (unpaired) electrons. The quantitative estimate of drug-likeness (QED) is 0.866. The number of nitrogens with zero attached hydrogens (tertiary/aromatic N) is 1. The number of rotatable bonds is 2. The van der Waals surface area contributed by atoms with E-state index < -0.39 is 5.60 Å². The molecule has 2 aromatic rings. The number of benzene rings is 1. The molecule has 5 nitrogen and oxygen atoms in total. The topological polar surface area (TPSA) is 60.7 Å². The van der Waals surface area contributed by atoms with Gasteiger partial charge in [-0.15, -0.1) is 0 Å². The van der Waals surface area contributed by atoms with Gasteiger partial charge >= 0.3 is 5.97 Å². The van der Waals surface area contributed by atoms with Gasteiger partial charge in [0.2, 0.25) is 0 Å². The number of hydrogen-bond acceptors (Lipinski definition) is 4. The number of ether oxygens (including phenoxy) is 2. The molecule has 0 fully saturated rings. The summed E-state index contributed by atoms with van der Waals surface area (Å²) in [7, 11) is 0. The molecule has 0 saturated heterocycles. The molecule has 5 heteroatoms. The molecule has 1 N–H and O–H groups in total. The maximum absolute atomic E-state index is 12.1. The van der Waals surface area contributed by atoms with Gasteiger partial charge in [-0.1, -0.05) is 0 Å². The lowest BCUT2D eigenvalue weighted by Gasteiger charge is -2.27. The minimum absolute atomic E-state index is 0.194. The van der Waals surface area contributed by atoms with E-state index in [-0.39, 0.29) is 24.2 Å². The van der Waals surface area contributed by atoms with E-state index in [2.05, 4.69) is 4.57 Å². The monoisotopic (exact) mass is 303 g/mol. The van der Waals surface area contributed by atoms with Crippen molar-refractivity contribution >= 4 is 16.9 Å². The maximum Gasteiger partial charge on any atom is 0.309 e. The summed E-state index contributed by atoms with van der Waals surface area (Å²) in [6.07, 6.45) is -0.113. The molecular formula is C17H21NO4. The molecule has 0 saturated carbocycles. The summed E-state index contributed by atoms with van der Waals surface area (Å²) in [5.41, 5.74) is 1.51. The maximum atomic E-state index is 12.1. The Bertz CT molecular complexity index is 711. The van der Waals surface area contributed by atoms with Gasteiger partial charge in [-0.05, 0) is 45.0 Å². The smallest absolute Gasteiger partial charge is 0.309 e. The molecule has 22 heavy (non-hydrogen) atoms. The largest absolute Gasteiger partial charge is 0.508 e. The zero-order valence-electron chi connectivity index (χ0n) is 13.1. The van der Waals surface area contributed by atoms with Crippen molar-refractivity contribution in [2.24, 2.45) is 0 Å².